The van der Waals surface area contributed by atoms with Gasteiger partial charge in [-0.3, -0.25) is 4.79 Å². The fraction of sp³-hybridized carbons (Fsp3) is 0.462. The third kappa shape index (κ3) is 2.08. The predicted molar refractivity (Wildman–Crippen MR) is 72.5 cm³/mol. The van der Waals surface area contributed by atoms with E-state index in [0.29, 0.717) is 35.8 Å². The lowest BCUT2D eigenvalue weighted by atomic mass is 10.1. The maximum absolute atomic E-state index is 11.4. The number of hydrogen-bond donors (Lipinski definition) is 3. The van der Waals surface area contributed by atoms with Crippen molar-refractivity contribution in [2.45, 2.75) is 25.0 Å². The molecule has 6 heteroatoms. The molecule has 1 amide bonds. The van der Waals surface area contributed by atoms with Gasteiger partial charge < -0.3 is 20.4 Å². The zero-order chi connectivity index (χ0) is 13.8. The number of rotatable bonds is 1. The average Bonchev–Trinajstić information content (AvgIpc) is 2.81. The molecule has 0 aliphatic carbocycles. The summed E-state index contributed by atoms with van der Waals surface area (Å²) in [6.07, 6.45) is -0.474. The first-order valence-corrected chi connectivity index (χ1v) is 6.55. The Morgan fingerprint density at radius 1 is 1.53 bits per heavy atom. The van der Waals surface area contributed by atoms with Crippen LogP contribution in [0.2, 0.25) is 5.02 Å². The summed E-state index contributed by atoms with van der Waals surface area (Å²) in [5.41, 5.74) is 1.14. The van der Waals surface area contributed by atoms with E-state index in [1.807, 2.05) is 4.90 Å². The highest BCUT2D eigenvalue weighted by molar-refractivity contribution is 6.33. The molecule has 19 heavy (non-hydrogen) atoms. The normalized spacial score (nSPS) is 29.6. The van der Waals surface area contributed by atoms with E-state index >= 15 is 0 Å². The van der Waals surface area contributed by atoms with E-state index in [0.717, 1.165) is 5.69 Å². The van der Waals surface area contributed by atoms with Crippen LogP contribution in [0.1, 0.15) is 25.0 Å². The zero-order valence-corrected chi connectivity index (χ0v) is 11.2. The van der Waals surface area contributed by atoms with Crippen LogP contribution in [-0.2, 0) is 4.79 Å². The van der Waals surface area contributed by atoms with Crippen molar-refractivity contribution in [3.8, 4) is 0 Å². The number of carbonyl (C=O) groups excluding carboxylic acids is 1. The van der Waals surface area contributed by atoms with Crippen LogP contribution in [0.15, 0.2) is 12.1 Å². The van der Waals surface area contributed by atoms with Crippen LogP contribution in [0.5, 0.6) is 0 Å². The molecule has 3 N–H and O–H groups in total. The van der Waals surface area contributed by atoms with Gasteiger partial charge in [-0.25, -0.2) is 0 Å². The summed E-state index contributed by atoms with van der Waals surface area (Å²) < 4.78 is 0. The highest BCUT2D eigenvalue weighted by atomic mass is 35.5. The lowest BCUT2D eigenvalue weighted by Gasteiger charge is -2.22. The van der Waals surface area contributed by atoms with Gasteiger partial charge in [0.2, 0.25) is 0 Å². The van der Waals surface area contributed by atoms with Gasteiger partial charge in [0.15, 0.2) is 6.10 Å². The lowest BCUT2D eigenvalue weighted by Crippen LogP contribution is -2.29. The van der Waals surface area contributed by atoms with Crippen LogP contribution in [0, 0.1) is 0 Å². The molecule has 2 aliphatic heterocycles. The molecule has 102 valence electrons. The Kier molecular flexibility index (Phi) is 2.74. The molecule has 5 nitrogen and oxygen atoms in total. The molecule has 0 aromatic heterocycles. The molecule has 3 rings (SSSR count). The van der Waals surface area contributed by atoms with Gasteiger partial charge >= 0.3 is 0 Å². The quantitative estimate of drug-likeness (QED) is 0.726. The van der Waals surface area contributed by atoms with Gasteiger partial charge in [0.1, 0.15) is 0 Å². The fourth-order valence-corrected chi connectivity index (χ4v) is 2.94. The maximum Gasteiger partial charge on any atom is 0.257 e. The number of anilines is 2. The summed E-state index contributed by atoms with van der Waals surface area (Å²) in [5.74, 6) is -0.434. The van der Waals surface area contributed by atoms with Crippen LogP contribution in [0.3, 0.4) is 0 Å². The summed E-state index contributed by atoms with van der Waals surface area (Å²) in [6.45, 7) is 3.00. The standard InChI is InChI=1S/C13H15ClN2O3/c1-13(19)2-3-16(6-13)10-5-9-7(4-8(10)14)11(17)12(18)15-9/h4-5,11,17,19H,2-3,6H2,1H3,(H,15,18). The average molecular weight is 283 g/mol. The number of amides is 1. The molecule has 1 aromatic rings. The summed E-state index contributed by atoms with van der Waals surface area (Å²) in [7, 11) is 0. The van der Waals surface area contributed by atoms with Crippen molar-refractivity contribution in [2.75, 3.05) is 23.3 Å². The molecule has 2 heterocycles. The minimum absolute atomic E-state index is 0.434. The number of hydrogen-bond acceptors (Lipinski definition) is 4. The second-order valence-electron chi connectivity index (χ2n) is 5.45. The molecular formula is C13H15ClN2O3. The summed E-state index contributed by atoms with van der Waals surface area (Å²) in [5, 5.41) is 22.8. The maximum atomic E-state index is 11.4. The molecule has 1 aromatic carbocycles. The van der Waals surface area contributed by atoms with Crippen LogP contribution < -0.4 is 10.2 Å². The molecule has 0 radical (unpaired) electrons. The van der Waals surface area contributed by atoms with Crippen LogP contribution in [0.25, 0.3) is 0 Å². The molecule has 2 atom stereocenters. The molecule has 1 fully saturated rings. The van der Waals surface area contributed by atoms with Crippen LogP contribution in [0.4, 0.5) is 11.4 Å². The summed E-state index contributed by atoms with van der Waals surface area (Å²) >= 11 is 6.22. The van der Waals surface area contributed by atoms with Crippen molar-refractivity contribution in [3.63, 3.8) is 0 Å². The number of benzene rings is 1. The second kappa shape index (κ2) is 4.10. The van der Waals surface area contributed by atoms with Crippen molar-refractivity contribution in [1.29, 1.82) is 0 Å². The molecule has 0 saturated carbocycles. The van der Waals surface area contributed by atoms with E-state index in [1.54, 1.807) is 19.1 Å². The van der Waals surface area contributed by atoms with Crippen molar-refractivity contribution >= 4 is 28.9 Å². The van der Waals surface area contributed by atoms with E-state index in [4.69, 9.17) is 11.6 Å². The van der Waals surface area contributed by atoms with Crippen molar-refractivity contribution in [2.24, 2.45) is 0 Å². The third-order valence-electron chi connectivity index (χ3n) is 3.71. The van der Waals surface area contributed by atoms with Gasteiger partial charge in [-0.1, -0.05) is 11.6 Å². The van der Waals surface area contributed by atoms with Crippen molar-refractivity contribution < 1.29 is 15.0 Å². The topological polar surface area (TPSA) is 72.8 Å². The summed E-state index contributed by atoms with van der Waals surface area (Å²) in [4.78, 5) is 13.4. The number of halogens is 1. The molecule has 0 bridgehead atoms. The Balaban J connectivity index is 1.97. The van der Waals surface area contributed by atoms with E-state index < -0.39 is 17.6 Å². The minimum atomic E-state index is -1.15. The van der Waals surface area contributed by atoms with Crippen molar-refractivity contribution in [3.05, 3.63) is 22.7 Å². The number of fused-ring (bicyclic) bond motifs is 1. The molecule has 2 unspecified atom stereocenters. The number of nitrogens with zero attached hydrogens (tertiary/aromatic N) is 1. The molecule has 0 spiro atoms. The smallest absolute Gasteiger partial charge is 0.257 e. The van der Waals surface area contributed by atoms with E-state index in [2.05, 4.69) is 5.32 Å². The van der Waals surface area contributed by atoms with Crippen LogP contribution >= 0.6 is 11.6 Å². The first-order chi connectivity index (χ1) is 8.87. The van der Waals surface area contributed by atoms with E-state index in [1.165, 1.54) is 0 Å². The number of aliphatic hydroxyl groups is 2. The zero-order valence-electron chi connectivity index (χ0n) is 10.5. The Morgan fingerprint density at radius 2 is 2.26 bits per heavy atom. The fourth-order valence-electron chi connectivity index (χ4n) is 2.65. The van der Waals surface area contributed by atoms with Gasteiger partial charge in [-0.05, 0) is 25.5 Å². The first kappa shape index (κ1) is 12.7. The third-order valence-corrected chi connectivity index (χ3v) is 4.01. The Morgan fingerprint density at radius 3 is 2.89 bits per heavy atom. The number of carbonyl (C=O) groups is 1. The summed E-state index contributed by atoms with van der Waals surface area (Å²) in [6, 6.07) is 3.37. The second-order valence-corrected chi connectivity index (χ2v) is 5.86. The number of nitrogens with one attached hydrogen (secondary N) is 1. The molecule has 2 aliphatic rings. The van der Waals surface area contributed by atoms with Crippen LogP contribution in [-0.4, -0.2) is 34.8 Å². The highest BCUT2D eigenvalue weighted by Crippen LogP contribution is 2.40. The first-order valence-electron chi connectivity index (χ1n) is 6.17. The largest absolute Gasteiger partial charge is 0.388 e. The monoisotopic (exact) mass is 282 g/mol. The number of β-amino-alcohol motifs (C(OH)–C–C–N with tert-alkyl or cyclic N) is 1. The Bertz CT molecular complexity index is 559. The van der Waals surface area contributed by atoms with Gasteiger partial charge in [-0.2, -0.15) is 0 Å². The molecular weight excluding hydrogens is 268 g/mol. The van der Waals surface area contributed by atoms with E-state index in [9.17, 15) is 15.0 Å². The molecule has 1 saturated heterocycles. The van der Waals surface area contributed by atoms with E-state index in [-0.39, 0.29) is 0 Å². The minimum Gasteiger partial charge on any atom is -0.388 e. The van der Waals surface area contributed by atoms with Gasteiger partial charge in [0.05, 0.1) is 16.3 Å². The highest BCUT2D eigenvalue weighted by Gasteiger charge is 2.34. The SMILES string of the molecule is CC1(O)CCN(c2cc3c(cc2Cl)C(O)C(=O)N3)C1. The van der Waals surface area contributed by atoms with Gasteiger partial charge in [0, 0.05) is 24.3 Å². The predicted octanol–water partition coefficient (Wildman–Crippen LogP) is 1.29. The van der Waals surface area contributed by atoms with Gasteiger partial charge in [0.25, 0.3) is 5.91 Å². The number of aliphatic hydroxyl groups excluding tert-OH is 1. The Hall–Kier alpha value is -1.30. The Labute approximate surface area is 115 Å². The van der Waals surface area contributed by atoms with Gasteiger partial charge in [-0.15, -0.1) is 0 Å². The lowest BCUT2D eigenvalue weighted by molar-refractivity contribution is -0.123. The van der Waals surface area contributed by atoms with Crippen molar-refractivity contribution in [1.82, 2.24) is 0 Å².